The summed E-state index contributed by atoms with van der Waals surface area (Å²) in [6, 6.07) is 5.87. The van der Waals surface area contributed by atoms with Gasteiger partial charge in [0, 0.05) is 0 Å². The second-order valence-electron chi connectivity index (χ2n) is 3.10. The molecule has 0 atom stereocenters. The Morgan fingerprint density at radius 1 is 1.43 bits per heavy atom. The maximum Gasteiger partial charge on any atom is 0.177 e. The zero-order valence-electron chi connectivity index (χ0n) is 8.32. The van der Waals surface area contributed by atoms with E-state index in [4.69, 9.17) is 15.7 Å². The highest BCUT2D eigenvalue weighted by Gasteiger charge is 2.03. The number of ether oxygens (including phenoxy) is 1. The Hall–Kier alpha value is -1.71. The topological polar surface area (TPSA) is 67.8 Å². The maximum absolute atomic E-state index is 8.33. The second-order valence-corrected chi connectivity index (χ2v) is 3.10. The first-order valence-electron chi connectivity index (χ1n) is 4.30. The van der Waals surface area contributed by atoms with E-state index in [1.807, 2.05) is 32.0 Å². The number of nitrogens with zero attached hydrogens (tertiary/aromatic N) is 1. The molecule has 0 amide bonds. The third kappa shape index (κ3) is 2.39. The Labute approximate surface area is 83.0 Å². The van der Waals surface area contributed by atoms with Gasteiger partial charge in [0.25, 0.3) is 0 Å². The van der Waals surface area contributed by atoms with E-state index in [-0.39, 0.29) is 12.4 Å². The van der Waals surface area contributed by atoms with Crippen LogP contribution in [-0.2, 0) is 0 Å². The van der Waals surface area contributed by atoms with Gasteiger partial charge >= 0.3 is 0 Å². The van der Waals surface area contributed by atoms with Crippen molar-refractivity contribution in [2.45, 2.75) is 13.8 Å². The molecule has 0 radical (unpaired) electrons. The Balaban J connectivity index is 2.76. The SMILES string of the molecule is Cc1cccc(C)c1OC/C(N)=N/O. The minimum atomic E-state index is 0.0626. The highest BCUT2D eigenvalue weighted by Crippen LogP contribution is 2.21. The number of oxime groups is 1. The molecule has 0 saturated heterocycles. The Morgan fingerprint density at radius 3 is 2.50 bits per heavy atom. The zero-order chi connectivity index (χ0) is 10.6. The summed E-state index contributed by atoms with van der Waals surface area (Å²) in [6.45, 7) is 4.01. The number of benzene rings is 1. The number of para-hydroxylation sites is 1. The third-order valence-electron chi connectivity index (χ3n) is 1.90. The van der Waals surface area contributed by atoms with Crippen LogP contribution in [0.1, 0.15) is 11.1 Å². The summed E-state index contributed by atoms with van der Waals surface area (Å²) in [5, 5.41) is 11.2. The molecule has 4 nitrogen and oxygen atoms in total. The Kier molecular flexibility index (Phi) is 3.34. The lowest BCUT2D eigenvalue weighted by atomic mass is 10.1. The number of aryl methyl sites for hydroxylation is 2. The summed E-state index contributed by atoms with van der Waals surface area (Å²) in [5.41, 5.74) is 7.37. The molecule has 1 aromatic rings. The molecule has 14 heavy (non-hydrogen) atoms. The van der Waals surface area contributed by atoms with Crippen molar-refractivity contribution in [1.29, 1.82) is 0 Å². The minimum absolute atomic E-state index is 0.0626. The van der Waals surface area contributed by atoms with Gasteiger partial charge in [0.1, 0.15) is 12.4 Å². The first kappa shape index (κ1) is 10.4. The molecule has 0 aromatic heterocycles. The van der Waals surface area contributed by atoms with E-state index < -0.39 is 0 Å². The Bertz CT molecular complexity index is 328. The molecule has 0 aliphatic heterocycles. The fraction of sp³-hybridized carbons (Fsp3) is 0.300. The van der Waals surface area contributed by atoms with Crippen LogP contribution in [0.25, 0.3) is 0 Å². The highest BCUT2D eigenvalue weighted by atomic mass is 16.5. The minimum Gasteiger partial charge on any atom is -0.485 e. The average molecular weight is 194 g/mol. The fourth-order valence-corrected chi connectivity index (χ4v) is 1.20. The molecular formula is C10H14N2O2. The van der Waals surface area contributed by atoms with Gasteiger partial charge in [-0.3, -0.25) is 0 Å². The molecule has 0 bridgehead atoms. The molecule has 0 spiro atoms. The molecule has 0 heterocycles. The summed E-state index contributed by atoms with van der Waals surface area (Å²) in [4.78, 5) is 0. The number of rotatable bonds is 3. The standard InChI is InChI=1S/C10H14N2O2/c1-7-4-3-5-8(2)10(7)14-6-9(11)12-13/h3-5,13H,6H2,1-2H3,(H2,11,12). The van der Waals surface area contributed by atoms with Gasteiger partial charge in [-0.2, -0.15) is 0 Å². The second kappa shape index (κ2) is 4.50. The van der Waals surface area contributed by atoms with Crippen LogP contribution in [0.15, 0.2) is 23.4 Å². The first-order chi connectivity index (χ1) is 6.65. The lowest BCUT2D eigenvalue weighted by Crippen LogP contribution is -2.21. The van der Waals surface area contributed by atoms with Crippen LogP contribution in [0.3, 0.4) is 0 Å². The predicted octanol–water partition coefficient (Wildman–Crippen LogP) is 1.43. The molecule has 76 valence electrons. The molecule has 0 aliphatic carbocycles. The van der Waals surface area contributed by atoms with Crippen molar-refractivity contribution in [2.24, 2.45) is 10.9 Å². The summed E-state index contributed by atoms with van der Waals surface area (Å²) in [7, 11) is 0. The van der Waals surface area contributed by atoms with E-state index in [0.717, 1.165) is 16.9 Å². The van der Waals surface area contributed by atoms with Gasteiger partial charge in [0.15, 0.2) is 5.84 Å². The Morgan fingerprint density at radius 2 is 2.00 bits per heavy atom. The molecule has 0 unspecified atom stereocenters. The predicted molar refractivity (Wildman–Crippen MR) is 54.8 cm³/mol. The maximum atomic E-state index is 8.33. The summed E-state index contributed by atoms with van der Waals surface area (Å²) in [5.74, 6) is 0.853. The molecule has 1 rings (SSSR count). The molecule has 0 aliphatic rings. The van der Waals surface area contributed by atoms with E-state index in [0.29, 0.717) is 0 Å². The molecule has 0 saturated carbocycles. The van der Waals surface area contributed by atoms with Gasteiger partial charge in [0.2, 0.25) is 0 Å². The van der Waals surface area contributed by atoms with Crippen LogP contribution in [0.5, 0.6) is 5.75 Å². The quantitative estimate of drug-likeness (QED) is 0.331. The molecular weight excluding hydrogens is 180 g/mol. The van der Waals surface area contributed by atoms with Crippen molar-refractivity contribution in [3.8, 4) is 5.75 Å². The summed E-state index contributed by atoms with van der Waals surface area (Å²) >= 11 is 0. The van der Waals surface area contributed by atoms with Crippen LogP contribution in [-0.4, -0.2) is 17.6 Å². The number of nitrogens with two attached hydrogens (primary N) is 1. The van der Waals surface area contributed by atoms with Crippen LogP contribution < -0.4 is 10.5 Å². The molecule has 4 heteroatoms. The van der Waals surface area contributed by atoms with Crippen molar-refractivity contribution in [3.63, 3.8) is 0 Å². The zero-order valence-corrected chi connectivity index (χ0v) is 8.32. The lowest BCUT2D eigenvalue weighted by Gasteiger charge is -2.10. The van der Waals surface area contributed by atoms with Crippen molar-refractivity contribution in [3.05, 3.63) is 29.3 Å². The number of hydrogen-bond donors (Lipinski definition) is 2. The lowest BCUT2D eigenvalue weighted by molar-refractivity contribution is 0.305. The van der Waals surface area contributed by atoms with Crippen LogP contribution in [0, 0.1) is 13.8 Å². The summed E-state index contributed by atoms with van der Waals surface area (Å²) in [6.07, 6.45) is 0. The van der Waals surface area contributed by atoms with Gasteiger partial charge < -0.3 is 15.7 Å². The van der Waals surface area contributed by atoms with Gasteiger partial charge in [-0.1, -0.05) is 23.4 Å². The van der Waals surface area contributed by atoms with Crippen molar-refractivity contribution < 1.29 is 9.94 Å². The van der Waals surface area contributed by atoms with Crippen LogP contribution >= 0.6 is 0 Å². The smallest absolute Gasteiger partial charge is 0.177 e. The van der Waals surface area contributed by atoms with E-state index in [1.54, 1.807) is 0 Å². The van der Waals surface area contributed by atoms with Gasteiger partial charge in [-0.25, -0.2) is 0 Å². The van der Waals surface area contributed by atoms with E-state index >= 15 is 0 Å². The van der Waals surface area contributed by atoms with Crippen LogP contribution in [0.4, 0.5) is 0 Å². The number of amidine groups is 1. The molecule has 0 fully saturated rings. The van der Waals surface area contributed by atoms with E-state index in [2.05, 4.69) is 5.16 Å². The number of hydrogen-bond acceptors (Lipinski definition) is 3. The largest absolute Gasteiger partial charge is 0.485 e. The first-order valence-corrected chi connectivity index (χ1v) is 4.30. The highest BCUT2D eigenvalue weighted by molar-refractivity contribution is 5.81. The van der Waals surface area contributed by atoms with E-state index in [9.17, 15) is 0 Å². The van der Waals surface area contributed by atoms with Gasteiger partial charge in [-0.15, -0.1) is 0 Å². The summed E-state index contributed by atoms with van der Waals surface area (Å²) < 4.78 is 5.40. The average Bonchev–Trinajstić information content (AvgIpc) is 2.16. The normalized spacial score (nSPS) is 11.4. The van der Waals surface area contributed by atoms with Crippen molar-refractivity contribution in [2.75, 3.05) is 6.61 Å². The monoisotopic (exact) mass is 194 g/mol. The van der Waals surface area contributed by atoms with Crippen LogP contribution in [0.2, 0.25) is 0 Å². The molecule has 3 N–H and O–H groups in total. The van der Waals surface area contributed by atoms with Crippen molar-refractivity contribution in [1.82, 2.24) is 0 Å². The third-order valence-corrected chi connectivity index (χ3v) is 1.90. The molecule has 1 aromatic carbocycles. The van der Waals surface area contributed by atoms with Crippen molar-refractivity contribution >= 4 is 5.84 Å². The van der Waals surface area contributed by atoms with E-state index in [1.165, 1.54) is 0 Å². The van der Waals surface area contributed by atoms with Gasteiger partial charge in [0.05, 0.1) is 0 Å². The van der Waals surface area contributed by atoms with Gasteiger partial charge in [-0.05, 0) is 25.0 Å². The fourth-order valence-electron chi connectivity index (χ4n) is 1.20.